The number of aryl methyl sites for hydroxylation is 1. The number of carbonyl (C=O) groups is 2. The van der Waals surface area contributed by atoms with Crippen LogP contribution in [0.1, 0.15) is 23.9 Å². The van der Waals surface area contributed by atoms with Gasteiger partial charge in [-0.05, 0) is 20.8 Å². The van der Waals surface area contributed by atoms with E-state index in [2.05, 4.69) is 10.3 Å². The van der Waals surface area contributed by atoms with Gasteiger partial charge in [0.15, 0.2) is 0 Å². The number of nitrogens with zero attached hydrogens (tertiary/aromatic N) is 2. The summed E-state index contributed by atoms with van der Waals surface area (Å²) < 4.78 is 1.19. The molecule has 0 aliphatic rings. The topological polar surface area (TPSA) is 101 Å². The summed E-state index contributed by atoms with van der Waals surface area (Å²) >= 11 is 0. The fourth-order valence-corrected chi connectivity index (χ4v) is 1.83. The molecule has 0 bridgehead atoms. The molecule has 104 valence electrons. The quantitative estimate of drug-likeness (QED) is 0.757. The summed E-state index contributed by atoms with van der Waals surface area (Å²) in [4.78, 5) is 37.8. The Morgan fingerprint density at radius 3 is 2.53 bits per heavy atom. The van der Waals surface area contributed by atoms with Crippen molar-refractivity contribution in [3.63, 3.8) is 0 Å². The highest BCUT2D eigenvalue weighted by Gasteiger charge is 2.15. The first-order valence-corrected chi connectivity index (χ1v) is 5.92. The molecule has 0 fully saturated rings. The van der Waals surface area contributed by atoms with E-state index < -0.39 is 11.7 Å². The van der Waals surface area contributed by atoms with Crippen LogP contribution in [0.3, 0.4) is 0 Å². The number of carboxylic acids is 1. The third-order valence-corrected chi connectivity index (χ3v) is 2.78. The Morgan fingerprint density at radius 2 is 2.00 bits per heavy atom. The Kier molecular flexibility index (Phi) is 4.80. The Labute approximate surface area is 110 Å². The van der Waals surface area contributed by atoms with Crippen molar-refractivity contribution in [2.45, 2.75) is 33.7 Å². The minimum atomic E-state index is -1.00. The fourth-order valence-electron chi connectivity index (χ4n) is 1.83. The molecule has 1 amide bonds. The lowest BCUT2D eigenvalue weighted by Crippen LogP contribution is -2.35. The summed E-state index contributed by atoms with van der Waals surface area (Å²) in [5.41, 5.74) is 0.773. The lowest BCUT2D eigenvalue weighted by molar-refractivity contribution is -0.136. The number of aromatic nitrogens is 2. The Hall–Kier alpha value is -2.18. The molecule has 7 heteroatoms. The molecule has 0 atom stereocenters. The third-order valence-electron chi connectivity index (χ3n) is 2.78. The van der Waals surface area contributed by atoms with Crippen molar-refractivity contribution >= 4 is 11.9 Å². The smallest absolute Gasteiger partial charge is 0.348 e. The predicted molar refractivity (Wildman–Crippen MR) is 68.0 cm³/mol. The van der Waals surface area contributed by atoms with Crippen LogP contribution in [0.5, 0.6) is 0 Å². The number of hydrogen-bond donors (Lipinski definition) is 2. The van der Waals surface area contributed by atoms with Crippen molar-refractivity contribution in [3.05, 3.63) is 27.4 Å². The van der Waals surface area contributed by atoms with Gasteiger partial charge in [-0.3, -0.25) is 14.2 Å². The number of hydrogen-bond acceptors (Lipinski definition) is 4. The van der Waals surface area contributed by atoms with E-state index in [-0.39, 0.29) is 18.9 Å². The first kappa shape index (κ1) is 14.9. The second-order valence-corrected chi connectivity index (χ2v) is 4.15. The van der Waals surface area contributed by atoms with Gasteiger partial charge in [-0.1, -0.05) is 0 Å². The molecule has 0 unspecified atom stereocenters. The third kappa shape index (κ3) is 3.64. The van der Waals surface area contributed by atoms with Crippen molar-refractivity contribution in [1.82, 2.24) is 14.9 Å². The van der Waals surface area contributed by atoms with E-state index in [1.807, 2.05) is 0 Å². The maximum Gasteiger partial charge on any atom is 0.348 e. The van der Waals surface area contributed by atoms with E-state index in [1.165, 1.54) is 4.57 Å². The van der Waals surface area contributed by atoms with Gasteiger partial charge >= 0.3 is 11.7 Å². The minimum absolute atomic E-state index is 0.154. The summed E-state index contributed by atoms with van der Waals surface area (Å²) in [6.07, 6.45) is -0.222. The van der Waals surface area contributed by atoms with Gasteiger partial charge < -0.3 is 10.4 Å². The predicted octanol–water partition coefficient (Wildman–Crippen LogP) is -0.377. The van der Waals surface area contributed by atoms with Crippen LogP contribution in [0, 0.1) is 13.8 Å². The van der Waals surface area contributed by atoms with Crippen LogP contribution in [0.2, 0.25) is 0 Å². The van der Waals surface area contributed by atoms with E-state index in [0.717, 1.165) is 0 Å². The minimum Gasteiger partial charge on any atom is -0.481 e. The highest BCUT2D eigenvalue weighted by atomic mass is 16.4. The molecule has 19 heavy (non-hydrogen) atoms. The van der Waals surface area contributed by atoms with Crippen LogP contribution in [-0.2, 0) is 22.6 Å². The molecule has 0 radical (unpaired) electrons. The largest absolute Gasteiger partial charge is 0.481 e. The number of likely N-dealkylation sites (N-methyl/N-ethyl adjacent to an activating group) is 1. The van der Waals surface area contributed by atoms with Crippen LogP contribution in [-0.4, -0.2) is 33.1 Å². The van der Waals surface area contributed by atoms with Crippen molar-refractivity contribution in [1.29, 1.82) is 0 Å². The number of amides is 1. The molecule has 0 saturated heterocycles. The molecular formula is C12H17N3O4. The van der Waals surface area contributed by atoms with Crippen LogP contribution < -0.4 is 11.0 Å². The fraction of sp³-hybridized carbons (Fsp3) is 0.500. The number of rotatable bonds is 5. The second-order valence-electron chi connectivity index (χ2n) is 4.15. The van der Waals surface area contributed by atoms with Crippen molar-refractivity contribution < 1.29 is 14.7 Å². The zero-order chi connectivity index (χ0) is 14.6. The van der Waals surface area contributed by atoms with E-state index in [0.29, 0.717) is 23.5 Å². The van der Waals surface area contributed by atoms with Crippen molar-refractivity contribution in [2.75, 3.05) is 6.54 Å². The van der Waals surface area contributed by atoms with E-state index >= 15 is 0 Å². The van der Waals surface area contributed by atoms with E-state index in [4.69, 9.17) is 5.11 Å². The van der Waals surface area contributed by atoms with Crippen LogP contribution in [0.4, 0.5) is 0 Å². The second kappa shape index (κ2) is 6.12. The summed E-state index contributed by atoms with van der Waals surface area (Å²) in [6, 6.07) is 0. The average Bonchev–Trinajstić information content (AvgIpc) is 2.30. The molecule has 0 saturated carbocycles. The van der Waals surface area contributed by atoms with E-state index in [1.54, 1.807) is 20.8 Å². The molecular weight excluding hydrogens is 250 g/mol. The van der Waals surface area contributed by atoms with Gasteiger partial charge in [-0.15, -0.1) is 0 Å². The van der Waals surface area contributed by atoms with Crippen LogP contribution >= 0.6 is 0 Å². The molecule has 2 N–H and O–H groups in total. The lowest BCUT2D eigenvalue weighted by atomic mass is 10.1. The van der Waals surface area contributed by atoms with Gasteiger partial charge in [0.05, 0.1) is 6.42 Å². The molecule has 7 nitrogen and oxygen atoms in total. The van der Waals surface area contributed by atoms with Crippen molar-refractivity contribution in [2.24, 2.45) is 0 Å². The first-order valence-electron chi connectivity index (χ1n) is 5.92. The molecule has 1 heterocycles. The maximum atomic E-state index is 11.8. The number of carbonyl (C=O) groups excluding carboxylic acids is 1. The highest BCUT2D eigenvalue weighted by molar-refractivity contribution is 5.76. The number of aliphatic carboxylic acids is 1. The molecule has 0 aromatic carbocycles. The number of carboxylic acid groups (broad SMARTS) is 1. The first-order chi connectivity index (χ1) is 8.86. The molecule has 1 aromatic rings. The molecule has 0 aliphatic carbocycles. The average molecular weight is 267 g/mol. The Bertz CT molecular complexity index is 563. The van der Waals surface area contributed by atoms with Gasteiger partial charge in [0.2, 0.25) is 5.91 Å². The van der Waals surface area contributed by atoms with E-state index in [9.17, 15) is 14.4 Å². The van der Waals surface area contributed by atoms with Crippen LogP contribution in [0.25, 0.3) is 0 Å². The SMILES string of the molecule is CCNC(=O)Cn1c(C)c(CC(=O)O)c(C)nc1=O. The van der Waals surface area contributed by atoms with Gasteiger partial charge in [0.1, 0.15) is 6.54 Å². The normalized spacial score (nSPS) is 10.3. The molecule has 1 aromatic heterocycles. The summed E-state index contributed by atoms with van der Waals surface area (Å²) in [6.45, 7) is 5.29. The Balaban J connectivity index is 3.21. The summed E-state index contributed by atoms with van der Waals surface area (Å²) in [5.74, 6) is -1.31. The lowest BCUT2D eigenvalue weighted by Gasteiger charge is -2.14. The maximum absolute atomic E-state index is 11.8. The van der Waals surface area contributed by atoms with Crippen LogP contribution in [0.15, 0.2) is 4.79 Å². The molecule has 1 rings (SSSR count). The summed E-state index contributed by atoms with van der Waals surface area (Å²) in [7, 11) is 0. The van der Waals surface area contributed by atoms with Crippen molar-refractivity contribution in [3.8, 4) is 0 Å². The monoisotopic (exact) mass is 267 g/mol. The molecule has 0 spiro atoms. The zero-order valence-electron chi connectivity index (χ0n) is 11.2. The standard InChI is InChI=1S/C12H17N3O4/c1-4-13-10(16)6-15-8(3)9(5-11(17)18)7(2)14-12(15)19/h4-6H2,1-3H3,(H,13,16)(H,17,18). The Morgan fingerprint density at radius 1 is 1.37 bits per heavy atom. The zero-order valence-corrected chi connectivity index (χ0v) is 11.2. The van der Waals surface area contributed by atoms with Gasteiger partial charge in [0.25, 0.3) is 0 Å². The van der Waals surface area contributed by atoms with Gasteiger partial charge in [-0.2, -0.15) is 4.98 Å². The molecule has 0 aliphatic heterocycles. The number of nitrogens with one attached hydrogen (secondary N) is 1. The highest BCUT2D eigenvalue weighted by Crippen LogP contribution is 2.10. The van der Waals surface area contributed by atoms with Gasteiger partial charge in [0, 0.05) is 23.5 Å². The summed E-state index contributed by atoms with van der Waals surface area (Å²) in [5, 5.41) is 11.4. The van der Waals surface area contributed by atoms with Gasteiger partial charge in [-0.25, -0.2) is 4.79 Å².